The smallest absolute Gasteiger partial charge is 0.338 e. The number of ether oxygens (including phenoxy) is 6. The van der Waals surface area contributed by atoms with Crippen LogP contribution in [-0.2, 0) is 44.8 Å². The molecule has 2 saturated heterocycles. The molecule has 2 heterocycles. The minimum Gasteiger partial charge on any atom is -0.493 e. The minimum absolute atomic E-state index is 0.0542. The highest BCUT2D eigenvalue weighted by molar-refractivity contribution is 6.24. The van der Waals surface area contributed by atoms with Crippen molar-refractivity contribution in [2.75, 3.05) is 53.7 Å². The second-order valence-electron chi connectivity index (χ2n) is 26.4. The molecule has 2 aliphatic heterocycles. The van der Waals surface area contributed by atoms with Gasteiger partial charge < -0.3 is 28.4 Å². The number of nitrogens with zero attached hydrogens (tertiary/aromatic N) is 2. The maximum absolute atomic E-state index is 14.9. The Balaban J connectivity index is 0.753. The van der Waals surface area contributed by atoms with Crippen LogP contribution in [0.5, 0.6) is 23.0 Å². The summed E-state index contributed by atoms with van der Waals surface area (Å²) in [5.74, 6) is 2.02. The average molecular weight is 1280 g/mol. The van der Waals surface area contributed by atoms with E-state index in [9.17, 15) is 9.59 Å². The zero-order chi connectivity index (χ0) is 65.6. The Morgan fingerprint density at radius 1 is 0.375 bits per heavy atom. The zero-order valence-electron chi connectivity index (χ0n) is 55.8. The third-order valence-electron chi connectivity index (χ3n) is 19.8. The average Bonchev–Trinajstić information content (AvgIpc) is 0.986. The Labute approximate surface area is 561 Å². The fraction of sp³-hybridized carbons (Fsp3) is 0.310. The molecule has 8 bridgehead atoms. The largest absolute Gasteiger partial charge is 0.493 e. The van der Waals surface area contributed by atoms with Crippen LogP contribution in [0.4, 0.5) is 0 Å². The van der Waals surface area contributed by atoms with Crippen molar-refractivity contribution in [3.05, 3.63) is 237 Å². The standard InChI is InChI=1S/C84H82N2O10/c1-7-35-89-79-57-19-13-20-58(79)40-62-44-66(84(88)94-50-68-48-74(86(6)96-68)70-32-28-56-26-24-52-16-12-18-54-30-34-72(70)78(56)76(52)54)46-64(82(62)92-38-10-4)42-60-22-14-21-59(80(60)90-36-8-2)41-63-45-65(43-61(39-57)81(63)91-37-9-3)83(87)93-49-67-47-73(85(5)95-67)69-31-27-55-25-23-51-15-11-17-53-29-33-71(69)77(55)75(51)53/h11-34,43-46,67-68,73-74H,7-10,35-42,47-50H2,1-6H3. The number of hydrogen-bond acceptors (Lipinski definition) is 12. The summed E-state index contributed by atoms with van der Waals surface area (Å²) in [6, 6.07) is 59.8. The summed E-state index contributed by atoms with van der Waals surface area (Å²) in [6.45, 7) is 10.4. The van der Waals surface area contributed by atoms with Crippen molar-refractivity contribution in [2.45, 2.75) is 116 Å². The molecule has 12 heteroatoms. The molecule has 0 radical (unpaired) electrons. The molecule has 488 valence electrons. The molecule has 12 aromatic carbocycles. The van der Waals surface area contributed by atoms with E-state index in [0.717, 1.165) is 93.2 Å². The van der Waals surface area contributed by atoms with Gasteiger partial charge in [0.1, 0.15) is 48.4 Å². The quantitative estimate of drug-likeness (QED) is 0.0534. The summed E-state index contributed by atoms with van der Waals surface area (Å²) in [4.78, 5) is 42.9. The Morgan fingerprint density at radius 2 is 0.667 bits per heavy atom. The normalized spacial score (nSPS) is 17.6. The summed E-state index contributed by atoms with van der Waals surface area (Å²) in [7, 11) is 3.95. The molecule has 1 aliphatic carbocycles. The number of hydrogen-bond donors (Lipinski definition) is 0. The van der Waals surface area contributed by atoms with Crippen molar-refractivity contribution in [2.24, 2.45) is 0 Å². The van der Waals surface area contributed by atoms with Crippen molar-refractivity contribution in [1.29, 1.82) is 0 Å². The van der Waals surface area contributed by atoms with Crippen LogP contribution < -0.4 is 18.9 Å². The molecule has 15 rings (SSSR count). The number of hydroxylamine groups is 4. The molecule has 3 aliphatic rings. The molecule has 0 aromatic heterocycles. The van der Waals surface area contributed by atoms with Crippen molar-refractivity contribution in [3.8, 4) is 23.0 Å². The minimum atomic E-state index is -0.446. The summed E-state index contributed by atoms with van der Waals surface area (Å²) in [6.07, 6.45) is 5.17. The first-order valence-electron chi connectivity index (χ1n) is 34.5. The van der Waals surface area contributed by atoms with Gasteiger partial charge in [-0.15, -0.1) is 0 Å². The molecular formula is C84H82N2O10. The van der Waals surface area contributed by atoms with Crippen molar-refractivity contribution in [3.63, 3.8) is 0 Å². The van der Waals surface area contributed by atoms with E-state index in [1.165, 1.54) is 75.8 Å². The first kappa shape index (κ1) is 62.8. The van der Waals surface area contributed by atoms with Gasteiger partial charge in [-0.2, -0.15) is 10.1 Å². The summed E-state index contributed by atoms with van der Waals surface area (Å²) in [5, 5.41) is 18.7. The Kier molecular flexibility index (Phi) is 17.7. The highest BCUT2D eigenvalue weighted by Crippen LogP contribution is 2.46. The van der Waals surface area contributed by atoms with Gasteiger partial charge in [0.25, 0.3) is 0 Å². The predicted octanol–water partition coefficient (Wildman–Crippen LogP) is 18.4. The lowest BCUT2D eigenvalue weighted by molar-refractivity contribution is -0.153. The van der Waals surface area contributed by atoms with Gasteiger partial charge in [0.15, 0.2) is 0 Å². The second kappa shape index (κ2) is 27.1. The summed E-state index contributed by atoms with van der Waals surface area (Å²) < 4.78 is 40.2. The highest BCUT2D eigenvalue weighted by Gasteiger charge is 2.37. The van der Waals surface area contributed by atoms with Crippen LogP contribution in [-0.4, -0.2) is 88.0 Å². The van der Waals surface area contributed by atoms with E-state index in [1.54, 1.807) is 0 Å². The molecule has 12 nitrogen and oxygen atoms in total. The van der Waals surface area contributed by atoms with Crippen LogP contribution in [0.15, 0.2) is 170 Å². The topological polar surface area (TPSA) is 114 Å². The van der Waals surface area contributed by atoms with E-state index in [1.807, 2.05) is 48.5 Å². The van der Waals surface area contributed by atoms with Crippen LogP contribution >= 0.6 is 0 Å². The van der Waals surface area contributed by atoms with Crippen molar-refractivity contribution >= 4 is 76.6 Å². The maximum Gasteiger partial charge on any atom is 0.338 e. The molecule has 0 amide bonds. The van der Waals surface area contributed by atoms with E-state index >= 15 is 0 Å². The van der Waals surface area contributed by atoms with Gasteiger partial charge in [0.05, 0.1) is 49.6 Å². The van der Waals surface area contributed by atoms with E-state index in [0.29, 0.717) is 76.1 Å². The lowest BCUT2D eigenvalue weighted by atomic mass is 9.89. The fourth-order valence-electron chi connectivity index (χ4n) is 15.4. The number of carbonyl (C=O) groups is 2. The molecule has 4 atom stereocenters. The third kappa shape index (κ3) is 12.0. The van der Waals surface area contributed by atoms with E-state index < -0.39 is 11.9 Å². The number of carbonyl (C=O) groups excluding carboxylic acids is 2. The molecule has 96 heavy (non-hydrogen) atoms. The molecule has 0 saturated carbocycles. The first-order chi connectivity index (χ1) is 47.0. The molecule has 2 fully saturated rings. The SMILES string of the molecule is CCCOc1c2cccc1Cc1cc(C(=O)OCC3CC(c4ccc5ccc6cccc7ccc4c5c67)N(C)O3)cc(c1OCCC)Cc1cccc(c1OCCC)Cc1cc(C(=O)OCC3CC(c4ccc5ccc6cccc7ccc4c5c67)N(C)O3)cc(c1OCCC)C2. The van der Waals surface area contributed by atoms with Gasteiger partial charge in [-0.3, -0.25) is 9.68 Å². The Hall–Kier alpha value is -9.30. The first-order valence-corrected chi connectivity index (χ1v) is 34.5. The lowest BCUT2D eigenvalue weighted by Crippen LogP contribution is -2.21. The third-order valence-corrected chi connectivity index (χ3v) is 19.8. The van der Waals surface area contributed by atoms with Gasteiger partial charge in [0.2, 0.25) is 0 Å². The Bertz CT molecular complexity index is 4460. The Morgan fingerprint density at radius 3 is 1.00 bits per heavy atom. The van der Waals surface area contributed by atoms with Crippen LogP contribution in [0.25, 0.3) is 64.6 Å². The van der Waals surface area contributed by atoms with Crippen molar-refractivity contribution in [1.82, 2.24) is 10.1 Å². The highest BCUT2D eigenvalue weighted by atomic mass is 16.7. The molecule has 0 spiro atoms. The van der Waals surface area contributed by atoms with E-state index in [-0.39, 0.29) is 37.5 Å². The predicted molar refractivity (Wildman–Crippen MR) is 381 cm³/mol. The van der Waals surface area contributed by atoms with E-state index in [2.05, 4.69) is 173 Å². The van der Waals surface area contributed by atoms with Gasteiger partial charge in [-0.05, 0) is 170 Å². The van der Waals surface area contributed by atoms with Gasteiger partial charge in [-0.1, -0.05) is 173 Å². The van der Waals surface area contributed by atoms with Crippen LogP contribution in [0.3, 0.4) is 0 Å². The molecule has 4 unspecified atom stereocenters. The van der Waals surface area contributed by atoms with E-state index in [4.69, 9.17) is 38.1 Å². The van der Waals surface area contributed by atoms with Crippen LogP contribution in [0, 0.1) is 0 Å². The lowest BCUT2D eigenvalue weighted by Gasteiger charge is -2.23. The monoisotopic (exact) mass is 1280 g/mol. The molecule has 0 N–H and O–H groups in total. The summed E-state index contributed by atoms with van der Waals surface area (Å²) in [5.41, 5.74) is 10.2. The number of para-hydroxylation sites is 2. The second-order valence-corrected chi connectivity index (χ2v) is 26.4. The number of fused-ring (bicyclic) bond motifs is 8. The molecular weight excluding hydrogens is 1200 g/mol. The zero-order valence-corrected chi connectivity index (χ0v) is 55.8. The summed E-state index contributed by atoms with van der Waals surface area (Å²) >= 11 is 0. The fourth-order valence-corrected chi connectivity index (χ4v) is 15.4. The van der Waals surface area contributed by atoms with Gasteiger partial charge >= 0.3 is 11.9 Å². The molecule has 12 aromatic rings. The maximum atomic E-state index is 14.9. The number of esters is 2. The van der Waals surface area contributed by atoms with Crippen LogP contribution in [0.2, 0.25) is 0 Å². The van der Waals surface area contributed by atoms with Crippen molar-refractivity contribution < 1.29 is 47.7 Å². The number of benzene rings is 12. The van der Waals surface area contributed by atoms with Gasteiger partial charge in [0, 0.05) is 52.6 Å². The number of rotatable bonds is 20. The van der Waals surface area contributed by atoms with Crippen LogP contribution in [0.1, 0.15) is 155 Å². The van der Waals surface area contributed by atoms with Gasteiger partial charge in [-0.25, -0.2) is 9.59 Å².